The SMILES string of the molecule is CSCCC(NC(=O)C(NC(=O)CNC(=O)C(N)Cc1ccc(O)cc1)C(C)O)C(=O)O. The van der Waals surface area contributed by atoms with Crippen molar-refractivity contribution in [3.8, 4) is 5.75 Å². The molecule has 0 aromatic heterocycles. The summed E-state index contributed by atoms with van der Waals surface area (Å²) in [4.78, 5) is 48.0. The van der Waals surface area contributed by atoms with Crippen molar-refractivity contribution in [2.24, 2.45) is 5.73 Å². The first-order chi connectivity index (χ1) is 15.0. The fourth-order valence-corrected chi connectivity index (χ4v) is 3.13. The van der Waals surface area contributed by atoms with Crippen LogP contribution in [-0.2, 0) is 25.6 Å². The van der Waals surface area contributed by atoms with Gasteiger partial charge in [0.2, 0.25) is 17.7 Å². The first-order valence-corrected chi connectivity index (χ1v) is 11.2. The molecule has 0 radical (unpaired) electrons. The number of aromatic hydroxyl groups is 1. The number of aliphatic carboxylic acids is 1. The molecule has 4 atom stereocenters. The number of carbonyl (C=O) groups excluding carboxylic acids is 3. The molecule has 0 heterocycles. The summed E-state index contributed by atoms with van der Waals surface area (Å²) in [5.74, 6) is -2.85. The number of aliphatic hydroxyl groups is 1. The quantitative estimate of drug-likeness (QED) is 0.181. The number of carboxylic acids is 1. The van der Waals surface area contributed by atoms with Gasteiger partial charge >= 0.3 is 5.97 Å². The van der Waals surface area contributed by atoms with Crippen LogP contribution < -0.4 is 21.7 Å². The molecule has 3 amide bonds. The predicted octanol–water partition coefficient (Wildman–Crippen LogP) is -1.43. The van der Waals surface area contributed by atoms with Crippen molar-refractivity contribution in [1.82, 2.24) is 16.0 Å². The third kappa shape index (κ3) is 9.54. The van der Waals surface area contributed by atoms with E-state index >= 15 is 0 Å². The van der Waals surface area contributed by atoms with Crippen molar-refractivity contribution in [1.29, 1.82) is 0 Å². The summed E-state index contributed by atoms with van der Waals surface area (Å²) in [5, 5.41) is 35.3. The minimum atomic E-state index is -1.40. The van der Waals surface area contributed by atoms with E-state index in [-0.39, 0.29) is 18.6 Å². The molecule has 0 aliphatic carbocycles. The highest BCUT2D eigenvalue weighted by Crippen LogP contribution is 2.10. The molecule has 0 fully saturated rings. The largest absolute Gasteiger partial charge is 0.508 e. The molecular formula is C20H30N4O7S. The van der Waals surface area contributed by atoms with Gasteiger partial charge in [0.1, 0.15) is 17.8 Å². The van der Waals surface area contributed by atoms with E-state index in [1.54, 1.807) is 18.4 Å². The number of carboxylic acid groups (broad SMARTS) is 1. The lowest BCUT2D eigenvalue weighted by Gasteiger charge is -2.23. The van der Waals surface area contributed by atoms with Gasteiger partial charge in [-0.15, -0.1) is 0 Å². The van der Waals surface area contributed by atoms with Crippen molar-refractivity contribution < 1.29 is 34.5 Å². The van der Waals surface area contributed by atoms with E-state index in [9.17, 15) is 34.5 Å². The number of amides is 3. The number of nitrogens with one attached hydrogen (secondary N) is 3. The van der Waals surface area contributed by atoms with Gasteiger partial charge in [0.15, 0.2) is 0 Å². The fraction of sp³-hybridized carbons (Fsp3) is 0.500. The smallest absolute Gasteiger partial charge is 0.326 e. The molecule has 0 aliphatic heterocycles. The number of phenolic OH excluding ortho intramolecular Hbond substituents is 1. The Morgan fingerprint density at radius 3 is 2.25 bits per heavy atom. The van der Waals surface area contributed by atoms with Crippen molar-refractivity contribution in [3.05, 3.63) is 29.8 Å². The summed E-state index contributed by atoms with van der Waals surface area (Å²) in [7, 11) is 0. The Morgan fingerprint density at radius 2 is 1.72 bits per heavy atom. The van der Waals surface area contributed by atoms with E-state index < -0.39 is 54.5 Å². The third-order valence-corrected chi connectivity index (χ3v) is 5.10. The van der Waals surface area contributed by atoms with Gasteiger partial charge in [-0.25, -0.2) is 4.79 Å². The Balaban J connectivity index is 2.58. The van der Waals surface area contributed by atoms with Crippen molar-refractivity contribution in [2.75, 3.05) is 18.6 Å². The number of carbonyl (C=O) groups is 4. The maximum Gasteiger partial charge on any atom is 0.326 e. The van der Waals surface area contributed by atoms with Gasteiger partial charge < -0.3 is 37.0 Å². The molecule has 178 valence electrons. The number of thioether (sulfide) groups is 1. The van der Waals surface area contributed by atoms with Crippen LogP contribution in [0.25, 0.3) is 0 Å². The Kier molecular flexibility index (Phi) is 11.5. The van der Waals surface area contributed by atoms with Crippen LogP contribution in [0.1, 0.15) is 18.9 Å². The second kappa shape index (κ2) is 13.6. The number of phenols is 1. The Labute approximate surface area is 190 Å². The molecule has 1 rings (SSSR count). The van der Waals surface area contributed by atoms with Gasteiger partial charge in [-0.3, -0.25) is 14.4 Å². The van der Waals surface area contributed by atoms with Crippen LogP contribution in [0, 0.1) is 0 Å². The number of hydrogen-bond acceptors (Lipinski definition) is 8. The lowest BCUT2D eigenvalue weighted by Crippen LogP contribution is -2.57. The summed E-state index contributed by atoms with van der Waals surface area (Å²) in [6.07, 6.45) is 0.850. The van der Waals surface area contributed by atoms with Gasteiger partial charge in [-0.2, -0.15) is 11.8 Å². The molecular weight excluding hydrogens is 440 g/mol. The minimum absolute atomic E-state index is 0.0825. The van der Waals surface area contributed by atoms with E-state index in [1.165, 1.54) is 30.8 Å². The number of rotatable bonds is 13. The van der Waals surface area contributed by atoms with Crippen molar-refractivity contribution in [2.45, 2.75) is 44.0 Å². The summed E-state index contributed by atoms with van der Waals surface area (Å²) < 4.78 is 0. The molecule has 4 unspecified atom stereocenters. The summed E-state index contributed by atoms with van der Waals surface area (Å²) in [6.45, 7) is 0.780. The van der Waals surface area contributed by atoms with E-state index in [1.807, 2.05) is 0 Å². The predicted molar refractivity (Wildman–Crippen MR) is 119 cm³/mol. The summed E-state index contributed by atoms with van der Waals surface area (Å²) in [6, 6.07) is 2.65. The highest BCUT2D eigenvalue weighted by atomic mass is 32.2. The van der Waals surface area contributed by atoms with E-state index in [0.717, 1.165) is 5.56 Å². The summed E-state index contributed by atoms with van der Waals surface area (Å²) in [5.41, 5.74) is 6.54. The van der Waals surface area contributed by atoms with Gasteiger partial charge in [0.05, 0.1) is 18.7 Å². The number of benzene rings is 1. The number of aliphatic hydroxyl groups excluding tert-OH is 1. The zero-order valence-electron chi connectivity index (χ0n) is 17.9. The first-order valence-electron chi connectivity index (χ1n) is 9.85. The van der Waals surface area contributed by atoms with Crippen LogP contribution >= 0.6 is 11.8 Å². The Bertz CT molecular complexity index is 789. The lowest BCUT2D eigenvalue weighted by atomic mass is 10.1. The average Bonchev–Trinajstić information content (AvgIpc) is 2.74. The van der Waals surface area contributed by atoms with Crippen molar-refractivity contribution in [3.63, 3.8) is 0 Å². The number of hydrogen-bond donors (Lipinski definition) is 7. The van der Waals surface area contributed by atoms with E-state index in [4.69, 9.17) is 5.73 Å². The standard InChI is InChI=1S/C20H30N4O7S/c1-11(25)17(19(29)23-15(20(30)31)7-8-32-2)24-16(27)10-22-18(28)14(21)9-12-3-5-13(26)6-4-12/h3-6,11,14-15,17,25-26H,7-10,21H2,1-2H3,(H,22,28)(H,23,29)(H,24,27)(H,30,31). The van der Waals surface area contributed by atoms with Crippen LogP contribution in [0.3, 0.4) is 0 Å². The van der Waals surface area contributed by atoms with Crippen LogP contribution in [-0.4, -0.2) is 81.8 Å². The molecule has 1 aromatic carbocycles. The normalized spacial score (nSPS) is 14.5. The average molecular weight is 471 g/mol. The molecule has 0 saturated carbocycles. The summed E-state index contributed by atoms with van der Waals surface area (Å²) >= 11 is 1.42. The van der Waals surface area contributed by atoms with Gasteiger partial charge in [0.25, 0.3) is 0 Å². The highest BCUT2D eigenvalue weighted by molar-refractivity contribution is 7.98. The number of nitrogens with two attached hydrogens (primary N) is 1. The fourth-order valence-electron chi connectivity index (χ4n) is 2.66. The zero-order valence-corrected chi connectivity index (χ0v) is 18.7. The third-order valence-electron chi connectivity index (χ3n) is 4.46. The van der Waals surface area contributed by atoms with Crippen LogP contribution in [0.2, 0.25) is 0 Å². The van der Waals surface area contributed by atoms with Gasteiger partial charge in [-0.05, 0) is 49.5 Å². The zero-order chi connectivity index (χ0) is 24.3. The van der Waals surface area contributed by atoms with Gasteiger partial charge in [0, 0.05) is 0 Å². The molecule has 32 heavy (non-hydrogen) atoms. The Hall–Kier alpha value is -2.83. The molecule has 11 nitrogen and oxygen atoms in total. The monoisotopic (exact) mass is 470 g/mol. The van der Waals surface area contributed by atoms with E-state index in [0.29, 0.717) is 5.75 Å². The van der Waals surface area contributed by atoms with E-state index in [2.05, 4.69) is 16.0 Å². The van der Waals surface area contributed by atoms with Crippen LogP contribution in [0.4, 0.5) is 0 Å². The lowest BCUT2D eigenvalue weighted by molar-refractivity contribution is -0.143. The van der Waals surface area contributed by atoms with Gasteiger partial charge in [-0.1, -0.05) is 12.1 Å². The molecule has 8 N–H and O–H groups in total. The molecule has 0 spiro atoms. The molecule has 1 aromatic rings. The Morgan fingerprint density at radius 1 is 1.09 bits per heavy atom. The highest BCUT2D eigenvalue weighted by Gasteiger charge is 2.29. The molecule has 0 aliphatic rings. The topological polar surface area (TPSA) is 191 Å². The molecule has 12 heteroatoms. The molecule has 0 bridgehead atoms. The maximum atomic E-state index is 12.4. The second-order valence-electron chi connectivity index (χ2n) is 7.16. The van der Waals surface area contributed by atoms with Crippen LogP contribution in [0.5, 0.6) is 5.75 Å². The van der Waals surface area contributed by atoms with Crippen molar-refractivity contribution >= 4 is 35.5 Å². The molecule has 0 saturated heterocycles. The van der Waals surface area contributed by atoms with Crippen LogP contribution in [0.15, 0.2) is 24.3 Å². The maximum absolute atomic E-state index is 12.4. The second-order valence-corrected chi connectivity index (χ2v) is 8.15. The first kappa shape index (κ1) is 27.2. The minimum Gasteiger partial charge on any atom is -0.508 e.